The standard InChI is InChI=1S/C18H35N3O3/c1-17(2,18(23)7-10-24-11-8-18)14-19-16(22)21(4)13-15-6-5-9-20(3)12-15/h15,23H,5-14H2,1-4H3,(H,19,22). The molecule has 2 N–H and O–H groups in total. The molecule has 2 rings (SSSR count). The van der Waals surface area contributed by atoms with Crippen LogP contribution in [0.15, 0.2) is 0 Å². The van der Waals surface area contributed by atoms with E-state index in [2.05, 4.69) is 17.3 Å². The summed E-state index contributed by atoms with van der Waals surface area (Å²) in [6.07, 6.45) is 3.65. The molecule has 1 unspecified atom stereocenters. The number of carbonyl (C=O) groups excluding carboxylic acids is 1. The number of hydrogen-bond acceptors (Lipinski definition) is 4. The summed E-state index contributed by atoms with van der Waals surface area (Å²) in [5.74, 6) is 0.548. The molecular formula is C18H35N3O3. The lowest BCUT2D eigenvalue weighted by molar-refractivity contribution is -0.130. The van der Waals surface area contributed by atoms with Gasteiger partial charge in [0.25, 0.3) is 0 Å². The molecule has 0 aromatic carbocycles. The van der Waals surface area contributed by atoms with Gasteiger partial charge in [-0.3, -0.25) is 0 Å². The Hall–Kier alpha value is -0.850. The second-order valence-corrected chi connectivity index (χ2v) is 8.34. The molecule has 0 bridgehead atoms. The van der Waals surface area contributed by atoms with Crippen molar-refractivity contribution in [2.45, 2.75) is 45.1 Å². The molecule has 0 saturated carbocycles. The molecule has 2 amide bonds. The van der Waals surface area contributed by atoms with E-state index in [0.717, 1.165) is 19.6 Å². The number of carbonyl (C=O) groups is 1. The van der Waals surface area contributed by atoms with Crippen LogP contribution in [0.25, 0.3) is 0 Å². The number of ether oxygens (including phenoxy) is 1. The third-order valence-electron chi connectivity index (χ3n) is 5.86. The Morgan fingerprint density at radius 2 is 2.08 bits per heavy atom. The molecule has 6 heteroatoms. The maximum Gasteiger partial charge on any atom is 0.317 e. The SMILES string of the molecule is CN1CCCC(CN(C)C(=O)NCC(C)(C)C2(O)CCOCC2)C1. The normalized spacial score (nSPS) is 25.3. The summed E-state index contributed by atoms with van der Waals surface area (Å²) in [4.78, 5) is 16.5. The summed E-state index contributed by atoms with van der Waals surface area (Å²) in [6.45, 7) is 8.69. The zero-order chi connectivity index (χ0) is 17.8. The van der Waals surface area contributed by atoms with Crippen LogP contribution >= 0.6 is 0 Å². The first-order chi connectivity index (χ1) is 11.2. The Kier molecular flexibility index (Phi) is 6.51. The minimum absolute atomic E-state index is 0.0491. The van der Waals surface area contributed by atoms with Crippen LogP contribution in [0.3, 0.4) is 0 Å². The number of rotatable bonds is 5. The largest absolute Gasteiger partial charge is 0.389 e. The smallest absolute Gasteiger partial charge is 0.317 e. The summed E-state index contributed by atoms with van der Waals surface area (Å²) < 4.78 is 5.36. The molecule has 2 fully saturated rings. The number of aliphatic hydroxyl groups is 1. The van der Waals surface area contributed by atoms with Crippen molar-refractivity contribution in [2.24, 2.45) is 11.3 Å². The van der Waals surface area contributed by atoms with Gasteiger partial charge in [0.2, 0.25) is 0 Å². The van der Waals surface area contributed by atoms with Crippen LogP contribution < -0.4 is 5.32 Å². The van der Waals surface area contributed by atoms with Gasteiger partial charge in [0.05, 0.1) is 5.60 Å². The third-order valence-corrected chi connectivity index (χ3v) is 5.86. The highest BCUT2D eigenvalue weighted by atomic mass is 16.5. The van der Waals surface area contributed by atoms with Crippen LogP contribution in [0.2, 0.25) is 0 Å². The van der Waals surface area contributed by atoms with Gasteiger partial charge in [-0.25, -0.2) is 4.79 Å². The molecule has 2 aliphatic rings. The second-order valence-electron chi connectivity index (χ2n) is 8.34. The van der Waals surface area contributed by atoms with Gasteiger partial charge in [-0.1, -0.05) is 13.8 Å². The number of nitrogens with zero attached hydrogens (tertiary/aromatic N) is 2. The summed E-state index contributed by atoms with van der Waals surface area (Å²) in [5, 5.41) is 13.9. The third kappa shape index (κ3) is 4.83. The molecule has 2 heterocycles. The number of urea groups is 1. The summed E-state index contributed by atoms with van der Waals surface area (Å²) >= 11 is 0. The van der Waals surface area contributed by atoms with Gasteiger partial charge in [-0.2, -0.15) is 0 Å². The van der Waals surface area contributed by atoms with E-state index in [-0.39, 0.29) is 11.4 Å². The number of nitrogens with one attached hydrogen (secondary N) is 1. The summed E-state index contributed by atoms with van der Waals surface area (Å²) in [6, 6.07) is -0.0491. The Morgan fingerprint density at radius 1 is 1.42 bits per heavy atom. The van der Waals surface area contributed by atoms with Gasteiger partial charge >= 0.3 is 6.03 Å². The first-order valence-electron chi connectivity index (χ1n) is 9.21. The molecule has 0 aromatic heterocycles. The summed E-state index contributed by atoms with van der Waals surface area (Å²) in [7, 11) is 4.00. The maximum atomic E-state index is 12.4. The lowest BCUT2D eigenvalue weighted by atomic mass is 9.70. The minimum Gasteiger partial charge on any atom is -0.389 e. The zero-order valence-corrected chi connectivity index (χ0v) is 15.8. The van der Waals surface area contributed by atoms with Crippen LogP contribution in [-0.4, -0.2) is 80.0 Å². The molecular weight excluding hydrogens is 306 g/mol. The number of piperidine rings is 1. The molecule has 2 saturated heterocycles. The number of amides is 2. The highest BCUT2D eigenvalue weighted by Gasteiger charge is 2.44. The number of hydrogen-bond donors (Lipinski definition) is 2. The van der Waals surface area contributed by atoms with Crippen molar-refractivity contribution in [1.29, 1.82) is 0 Å². The molecule has 140 valence electrons. The van der Waals surface area contributed by atoms with Crippen molar-refractivity contribution >= 4 is 6.03 Å². The van der Waals surface area contributed by atoms with Gasteiger partial charge < -0.3 is 25.0 Å². The van der Waals surface area contributed by atoms with Crippen molar-refractivity contribution in [3.63, 3.8) is 0 Å². The fraction of sp³-hybridized carbons (Fsp3) is 0.944. The van der Waals surface area contributed by atoms with Gasteiger partial charge in [0, 0.05) is 58.2 Å². The highest BCUT2D eigenvalue weighted by Crippen LogP contribution is 2.38. The van der Waals surface area contributed by atoms with E-state index in [4.69, 9.17) is 4.74 Å². The van der Waals surface area contributed by atoms with E-state index < -0.39 is 5.60 Å². The van der Waals surface area contributed by atoms with E-state index in [0.29, 0.717) is 38.5 Å². The van der Waals surface area contributed by atoms with E-state index in [1.165, 1.54) is 12.8 Å². The Bertz CT molecular complexity index is 422. The van der Waals surface area contributed by atoms with Crippen molar-refractivity contribution in [2.75, 3.05) is 53.5 Å². The Labute approximate surface area is 146 Å². The first kappa shape index (κ1) is 19.5. The van der Waals surface area contributed by atoms with Gasteiger partial charge in [0.15, 0.2) is 0 Å². The van der Waals surface area contributed by atoms with E-state index in [1.54, 1.807) is 4.90 Å². The quantitative estimate of drug-likeness (QED) is 0.796. The van der Waals surface area contributed by atoms with Gasteiger partial charge in [0.1, 0.15) is 0 Å². The molecule has 1 atom stereocenters. The zero-order valence-electron chi connectivity index (χ0n) is 15.8. The van der Waals surface area contributed by atoms with Crippen molar-refractivity contribution in [3.05, 3.63) is 0 Å². The average Bonchev–Trinajstić information content (AvgIpc) is 2.53. The fourth-order valence-corrected chi connectivity index (χ4v) is 3.87. The highest BCUT2D eigenvalue weighted by molar-refractivity contribution is 5.73. The predicted octanol–water partition coefficient (Wildman–Crippen LogP) is 1.54. The van der Waals surface area contributed by atoms with Crippen LogP contribution in [0.1, 0.15) is 39.5 Å². The average molecular weight is 341 g/mol. The van der Waals surface area contributed by atoms with Gasteiger partial charge in [-0.15, -0.1) is 0 Å². The fourth-order valence-electron chi connectivity index (χ4n) is 3.87. The molecule has 2 aliphatic heterocycles. The lowest BCUT2D eigenvalue weighted by Gasteiger charge is -2.45. The van der Waals surface area contributed by atoms with Crippen molar-refractivity contribution < 1.29 is 14.6 Å². The van der Waals surface area contributed by atoms with Crippen LogP contribution in [0.4, 0.5) is 4.79 Å². The minimum atomic E-state index is -0.775. The monoisotopic (exact) mass is 341 g/mol. The van der Waals surface area contributed by atoms with Crippen molar-refractivity contribution in [3.8, 4) is 0 Å². The number of likely N-dealkylation sites (tertiary alicyclic amines) is 1. The van der Waals surface area contributed by atoms with E-state index in [9.17, 15) is 9.90 Å². The second kappa shape index (κ2) is 8.02. The van der Waals surface area contributed by atoms with E-state index in [1.807, 2.05) is 20.9 Å². The Morgan fingerprint density at radius 3 is 2.71 bits per heavy atom. The maximum absolute atomic E-state index is 12.4. The van der Waals surface area contributed by atoms with Crippen LogP contribution in [-0.2, 0) is 4.74 Å². The molecule has 0 aliphatic carbocycles. The molecule has 0 aromatic rings. The Balaban J connectivity index is 1.80. The molecule has 0 spiro atoms. The molecule has 24 heavy (non-hydrogen) atoms. The topological polar surface area (TPSA) is 65.0 Å². The first-order valence-corrected chi connectivity index (χ1v) is 9.21. The van der Waals surface area contributed by atoms with E-state index >= 15 is 0 Å². The van der Waals surface area contributed by atoms with Crippen LogP contribution in [0.5, 0.6) is 0 Å². The van der Waals surface area contributed by atoms with Crippen LogP contribution in [0, 0.1) is 11.3 Å². The van der Waals surface area contributed by atoms with Crippen molar-refractivity contribution in [1.82, 2.24) is 15.1 Å². The molecule has 0 radical (unpaired) electrons. The lowest BCUT2D eigenvalue weighted by Crippen LogP contribution is -2.55. The summed E-state index contributed by atoms with van der Waals surface area (Å²) in [5.41, 5.74) is -1.15. The molecule has 6 nitrogen and oxygen atoms in total. The van der Waals surface area contributed by atoms with Gasteiger partial charge in [-0.05, 0) is 32.4 Å². The predicted molar refractivity (Wildman–Crippen MR) is 95.0 cm³/mol.